The lowest BCUT2D eigenvalue weighted by atomic mass is 10.0. The van der Waals surface area contributed by atoms with Crippen molar-refractivity contribution in [3.63, 3.8) is 0 Å². The molecule has 1 aliphatic rings. The summed E-state index contributed by atoms with van der Waals surface area (Å²) in [7, 11) is 0. The van der Waals surface area contributed by atoms with Gasteiger partial charge in [0, 0.05) is 21.9 Å². The molecule has 1 aliphatic carbocycles. The van der Waals surface area contributed by atoms with Gasteiger partial charge in [-0.15, -0.1) is 0 Å². The monoisotopic (exact) mass is 317 g/mol. The predicted molar refractivity (Wildman–Crippen MR) is 106 cm³/mol. The number of hydrogen-bond acceptors (Lipinski definition) is 1. The average molecular weight is 317 g/mol. The van der Waals surface area contributed by atoms with Gasteiger partial charge in [-0.3, -0.25) is 0 Å². The van der Waals surface area contributed by atoms with Crippen LogP contribution in [0.25, 0.3) is 54.8 Å². The van der Waals surface area contributed by atoms with E-state index >= 15 is 0 Å². The quantitative estimate of drug-likeness (QED) is 0.291. The largest absolute Gasteiger partial charge is 0.246 e. The smallest absolute Gasteiger partial charge is 0.0797 e. The van der Waals surface area contributed by atoms with Crippen LogP contribution in [0.1, 0.15) is 5.56 Å². The average Bonchev–Trinajstić information content (AvgIpc) is 2.99. The van der Waals surface area contributed by atoms with Gasteiger partial charge in [0.15, 0.2) is 0 Å². The number of benzene rings is 4. The maximum Gasteiger partial charge on any atom is 0.0797 e. The van der Waals surface area contributed by atoms with Gasteiger partial charge >= 0.3 is 0 Å². The second kappa shape index (κ2) is 4.46. The summed E-state index contributed by atoms with van der Waals surface area (Å²) in [5.74, 6) is 0. The third-order valence-corrected chi connectivity index (χ3v) is 5.49. The molecular weight excluding hydrogens is 302 g/mol. The SMILES string of the molecule is Cc1ccc2cccc3c2c1-c1nc2c(ccc4ccccc42)cc1-3. The first-order valence-electron chi connectivity index (χ1n) is 8.67. The van der Waals surface area contributed by atoms with E-state index in [2.05, 4.69) is 79.7 Å². The van der Waals surface area contributed by atoms with Crippen LogP contribution in [0.5, 0.6) is 0 Å². The normalized spacial score (nSPS) is 12.2. The summed E-state index contributed by atoms with van der Waals surface area (Å²) >= 11 is 0. The van der Waals surface area contributed by atoms with Crippen molar-refractivity contribution in [3.8, 4) is 22.4 Å². The molecule has 0 amide bonds. The molecule has 0 atom stereocenters. The summed E-state index contributed by atoms with van der Waals surface area (Å²) < 4.78 is 0. The maximum absolute atomic E-state index is 5.18. The van der Waals surface area contributed by atoms with Gasteiger partial charge in [0.2, 0.25) is 0 Å². The second-order valence-corrected chi connectivity index (χ2v) is 6.90. The summed E-state index contributed by atoms with van der Waals surface area (Å²) in [5, 5.41) is 6.33. The zero-order valence-corrected chi connectivity index (χ0v) is 13.9. The highest BCUT2D eigenvalue weighted by Gasteiger charge is 2.24. The number of nitrogens with zero attached hydrogens (tertiary/aromatic N) is 1. The molecule has 0 saturated carbocycles. The fourth-order valence-electron chi connectivity index (χ4n) is 4.32. The van der Waals surface area contributed by atoms with Crippen molar-refractivity contribution < 1.29 is 0 Å². The Hall–Kier alpha value is -3.19. The molecule has 6 rings (SSSR count). The molecule has 0 unspecified atom stereocenters. The summed E-state index contributed by atoms with van der Waals surface area (Å²) in [4.78, 5) is 5.18. The first kappa shape index (κ1) is 13.1. The van der Waals surface area contributed by atoms with E-state index in [0.717, 1.165) is 11.2 Å². The van der Waals surface area contributed by atoms with Crippen molar-refractivity contribution >= 4 is 32.4 Å². The van der Waals surface area contributed by atoms with Gasteiger partial charge in [-0.05, 0) is 40.3 Å². The van der Waals surface area contributed by atoms with E-state index < -0.39 is 0 Å². The minimum absolute atomic E-state index is 1.10. The van der Waals surface area contributed by atoms with Crippen molar-refractivity contribution in [2.75, 3.05) is 0 Å². The first-order valence-corrected chi connectivity index (χ1v) is 8.67. The van der Waals surface area contributed by atoms with Crippen LogP contribution >= 0.6 is 0 Å². The van der Waals surface area contributed by atoms with Gasteiger partial charge in [-0.25, -0.2) is 4.98 Å². The van der Waals surface area contributed by atoms with E-state index in [1.165, 1.54) is 49.2 Å². The standard InChI is InChI=1S/C24H15N/c1-14-9-10-16-6-4-8-19-20-13-17-12-11-15-5-2-3-7-18(15)23(17)25-24(20)21(14)22(16)19/h2-13H,1H3. The fourth-order valence-corrected chi connectivity index (χ4v) is 4.32. The van der Waals surface area contributed by atoms with E-state index in [-0.39, 0.29) is 0 Å². The molecule has 5 aromatic rings. The minimum Gasteiger partial charge on any atom is -0.246 e. The molecule has 4 aromatic carbocycles. The number of aromatic nitrogens is 1. The number of fused-ring (bicyclic) bond motifs is 6. The van der Waals surface area contributed by atoms with Gasteiger partial charge in [0.05, 0.1) is 11.2 Å². The number of rotatable bonds is 0. The lowest BCUT2D eigenvalue weighted by molar-refractivity contribution is 1.40. The fraction of sp³-hybridized carbons (Fsp3) is 0.0417. The van der Waals surface area contributed by atoms with Gasteiger partial charge in [-0.2, -0.15) is 0 Å². The van der Waals surface area contributed by atoms with E-state index in [4.69, 9.17) is 4.98 Å². The predicted octanol–water partition coefficient (Wildman–Crippen LogP) is 6.50. The van der Waals surface area contributed by atoms with Crippen LogP contribution in [-0.4, -0.2) is 4.98 Å². The molecule has 1 heteroatoms. The van der Waals surface area contributed by atoms with Gasteiger partial charge in [-0.1, -0.05) is 66.7 Å². The molecule has 1 aromatic heterocycles. The number of hydrogen-bond donors (Lipinski definition) is 0. The zero-order chi connectivity index (χ0) is 16.5. The molecule has 0 radical (unpaired) electrons. The van der Waals surface area contributed by atoms with Crippen LogP contribution < -0.4 is 0 Å². The third-order valence-electron chi connectivity index (χ3n) is 5.49. The van der Waals surface area contributed by atoms with Crippen molar-refractivity contribution in [2.45, 2.75) is 6.92 Å². The maximum atomic E-state index is 5.18. The molecule has 0 spiro atoms. The van der Waals surface area contributed by atoms with Gasteiger partial charge in [0.25, 0.3) is 0 Å². The van der Waals surface area contributed by atoms with E-state index in [1.54, 1.807) is 0 Å². The van der Waals surface area contributed by atoms with Crippen molar-refractivity contribution in [1.82, 2.24) is 4.98 Å². The molecule has 0 aliphatic heterocycles. The first-order chi connectivity index (χ1) is 12.3. The Kier molecular flexibility index (Phi) is 2.34. The molecule has 25 heavy (non-hydrogen) atoms. The highest BCUT2D eigenvalue weighted by atomic mass is 14.7. The molecule has 0 bridgehead atoms. The van der Waals surface area contributed by atoms with Gasteiger partial charge in [0.1, 0.15) is 0 Å². The van der Waals surface area contributed by atoms with E-state index in [0.29, 0.717) is 0 Å². The molecule has 1 heterocycles. The Morgan fingerprint density at radius 1 is 0.680 bits per heavy atom. The van der Waals surface area contributed by atoms with Crippen molar-refractivity contribution in [1.29, 1.82) is 0 Å². The molecule has 1 nitrogen and oxygen atoms in total. The molecule has 0 N–H and O–H groups in total. The minimum atomic E-state index is 1.10. The number of aryl methyl sites for hydroxylation is 1. The molecule has 0 fully saturated rings. The Bertz CT molecular complexity index is 1350. The van der Waals surface area contributed by atoms with Crippen LogP contribution in [0.2, 0.25) is 0 Å². The Morgan fingerprint density at radius 2 is 1.48 bits per heavy atom. The van der Waals surface area contributed by atoms with Crippen molar-refractivity contribution in [2.24, 2.45) is 0 Å². The second-order valence-electron chi connectivity index (χ2n) is 6.90. The summed E-state index contributed by atoms with van der Waals surface area (Å²) in [6, 6.07) is 26.2. The van der Waals surface area contributed by atoms with E-state index in [1.807, 2.05) is 0 Å². The molecular formula is C24H15N. The summed E-state index contributed by atoms with van der Waals surface area (Å²) in [6.45, 7) is 2.19. The number of pyridine rings is 1. The lowest BCUT2D eigenvalue weighted by Crippen LogP contribution is -1.89. The zero-order valence-electron chi connectivity index (χ0n) is 13.9. The van der Waals surface area contributed by atoms with Crippen LogP contribution in [0, 0.1) is 6.92 Å². The van der Waals surface area contributed by atoms with Crippen LogP contribution in [0.4, 0.5) is 0 Å². The molecule has 0 saturated heterocycles. The molecule has 116 valence electrons. The summed E-state index contributed by atoms with van der Waals surface area (Å²) in [5.41, 5.74) is 7.41. The van der Waals surface area contributed by atoms with Crippen LogP contribution in [0.3, 0.4) is 0 Å². The highest BCUT2D eigenvalue weighted by Crippen LogP contribution is 2.48. The highest BCUT2D eigenvalue weighted by molar-refractivity contribution is 6.18. The van der Waals surface area contributed by atoms with Crippen molar-refractivity contribution in [3.05, 3.63) is 78.4 Å². The summed E-state index contributed by atoms with van der Waals surface area (Å²) in [6.07, 6.45) is 0. The topological polar surface area (TPSA) is 12.9 Å². The van der Waals surface area contributed by atoms with Gasteiger partial charge < -0.3 is 0 Å². The lowest BCUT2D eigenvalue weighted by Gasteiger charge is -2.08. The van der Waals surface area contributed by atoms with Crippen LogP contribution in [-0.2, 0) is 0 Å². The Morgan fingerprint density at radius 3 is 2.44 bits per heavy atom. The van der Waals surface area contributed by atoms with Crippen LogP contribution in [0.15, 0.2) is 72.8 Å². The third kappa shape index (κ3) is 1.60. The Labute approximate surface area is 145 Å². The Balaban J connectivity index is 1.84. The van der Waals surface area contributed by atoms with E-state index in [9.17, 15) is 0 Å².